The molecule has 3 rings (SSSR count). The molecule has 0 bridgehead atoms. The predicted octanol–water partition coefficient (Wildman–Crippen LogP) is 2.62. The Morgan fingerprint density at radius 2 is 1.96 bits per heavy atom. The van der Waals surface area contributed by atoms with Gasteiger partial charge in [0.2, 0.25) is 5.91 Å². The van der Waals surface area contributed by atoms with Gasteiger partial charge in [-0.05, 0) is 43.2 Å². The highest BCUT2D eigenvalue weighted by Crippen LogP contribution is 2.20. The van der Waals surface area contributed by atoms with Crippen LogP contribution >= 0.6 is 0 Å². The van der Waals surface area contributed by atoms with Crippen molar-refractivity contribution in [3.05, 3.63) is 53.5 Å². The van der Waals surface area contributed by atoms with Gasteiger partial charge >= 0.3 is 0 Å². The molecule has 0 radical (unpaired) electrons. The van der Waals surface area contributed by atoms with Crippen molar-refractivity contribution >= 4 is 11.6 Å². The normalized spacial score (nSPS) is 18.6. The zero-order valence-electron chi connectivity index (χ0n) is 16.1. The van der Waals surface area contributed by atoms with Gasteiger partial charge in [-0.25, -0.2) is 0 Å². The largest absolute Gasteiger partial charge is 0.465 e. The van der Waals surface area contributed by atoms with Gasteiger partial charge in [-0.3, -0.25) is 14.6 Å². The summed E-state index contributed by atoms with van der Waals surface area (Å²) in [5, 5.41) is 12.3. The van der Waals surface area contributed by atoms with Gasteiger partial charge in [-0.1, -0.05) is 12.1 Å². The molecule has 1 aromatic heterocycles. The molecule has 1 amide bonds. The molecule has 0 unspecified atom stereocenters. The van der Waals surface area contributed by atoms with Crippen LogP contribution in [-0.2, 0) is 17.9 Å². The first-order valence-electron chi connectivity index (χ1n) is 9.52. The molecule has 6 nitrogen and oxygen atoms in total. The van der Waals surface area contributed by atoms with Gasteiger partial charge in [-0.15, -0.1) is 0 Å². The maximum atomic E-state index is 11.1. The van der Waals surface area contributed by atoms with Crippen LogP contribution in [0.2, 0.25) is 0 Å². The fraction of sp³-hybridized carbons (Fsp3) is 0.476. The van der Waals surface area contributed by atoms with Crippen molar-refractivity contribution in [3.8, 4) is 0 Å². The van der Waals surface area contributed by atoms with Crippen LogP contribution < -0.4 is 5.32 Å². The maximum absolute atomic E-state index is 11.1. The molecular formula is C21H29N3O3. The Hall–Kier alpha value is -2.15. The Morgan fingerprint density at radius 3 is 2.59 bits per heavy atom. The van der Waals surface area contributed by atoms with Gasteiger partial charge in [0, 0.05) is 51.4 Å². The molecule has 0 aliphatic carbocycles. The van der Waals surface area contributed by atoms with Crippen molar-refractivity contribution in [1.82, 2.24) is 9.80 Å². The number of carbonyl (C=O) groups is 1. The summed E-state index contributed by atoms with van der Waals surface area (Å²) in [6.07, 6.45) is 0.762. The Bertz CT molecular complexity index is 741. The Balaban J connectivity index is 1.57. The van der Waals surface area contributed by atoms with Crippen molar-refractivity contribution in [3.63, 3.8) is 0 Å². The number of carbonyl (C=O) groups excluding carboxylic acids is 1. The first-order valence-corrected chi connectivity index (χ1v) is 9.52. The number of nitrogens with one attached hydrogen (secondary N) is 1. The molecule has 1 fully saturated rings. The SMILES string of the molecule is CC(=O)Nc1ccc(CN2CCN(Cc3ccc(C)o3)[C@@H](CCO)C2)cc1. The minimum atomic E-state index is -0.0579. The second-order valence-corrected chi connectivity index (χ2v) is 7.26. The molecule has 1 atom stereocenters. The van der Waals surface area contributed by atoms with Gasteiger partial charge < -0.3 is 14.8 Å². The molecule has 0 spiro atoms. The summed E-state index contributed by atoms with van der Waals surface area (Å²) in [4.78, 5) is 16.0. The summed E-state index contributed by atoms with van der Waals surface area (Å²) < 4.78 is 5.73. The lowest BCUT2D eigenvalue weighted by atomic mass is 10.1. The number of benzene rings is 1. The first kappa shape index (κ1) is 19.6. The van der Waals surface area contributed by atoms with E-state index < -0.39 is 0 Å². The number of rotatable bonds is 7. The molecular weight excluding hydrogens is 342 g/mol. The van der Waals surface area contributed by atoms with Gasteiger partial charge in [0.05, 0.1) is 6.54 Å². The third kappa shape index (κ3) is 5.66. The second-order valence-electron chi connectivity index (χ2n) is 7.26. The van der Waals surface area contributed by atoms with Crippen LogP contribution in [0.25, 0.3) is 0 Å². The van der Waals surface area contributed by atoms with E-state index in [9.17, 15) is 9.90 Å². The van der Waals surface area contributed by atoms with Crippen molar-refractivity contribution in [2.24, 2.45) is 0 Å². The van der Waals surface area contributed by atoms with E-state index in [1.165, 1.54) is 12.5 Å². The van der Waals surface area contributed by atoms with Crippen LogP contribution in [-0.4, -0.2) is 53.1 Å². The van der Waals surface area contributed by atoms with Gasteiger partial charge in [0.25, 0.3) is 0 Å². The number of anilines is 1. The lowest BCUT2D eigenvalue weighted by Crippen LogP contribution is -2.52. The standard InChI is InChI=1S/C21H29N3O3/c1-16-3-8-21(27-16)15-24-11-10-23(14-20(24)9-12-25)13-18-4-6-19(7-5-18)22-17(2)26/h3-8,20,25H,9-15H2,1-2H3,(H,22,26)/t20-/m0/s1. The number of hydrogen-bond donors (Lipinski definition) is 2. The molecule has 146 valence electrons. The molecule has 6 heteroatoms. The quantitative estimate of drug-likeness (QED) is 0.783. The van der Waals surface area contributed by atoms with Crippen LogP contribution in [0.5, 0.6) is 0 Å². The molecule has 1 aromatic carbocycles. The van der Waals surface area contributed by atoms with E-state index in [1.54, 1.807) is 0 Å². The number of piperazine rings is 1. The third-order valence-corrected chi connectivity index (χ3v) is 4.99. The van der Waals surface area contributed by atoms with Crippen LogP contribution in [0.4, 0.5) is 5.69 Å². The van der Waals surface area contributed by atoms with Crippen molar-refractivity contribution < 1.29 is 14.3 Å². The summed E-state index contributed by atoms with van der Waals surface area (Å²) in [7, 11) is 0. The number of furan rings is 1. The fourth-order valence-electron chi connectivity index (χ4n) is 3.66. The monoisotopic (exact) mass is 371 g/mol. The van der Waals surface area contributed by atoms with E-state index in [2.05, 4.69) is 27.2 Å². The summed E-state index contributed by atoms with van der Waals surface area (Å²) in [6, 6.07) is 12.3. The molecule has 1 saturated heterocycles. The molecule has 2 heterocycles. The van der Waals surface area contributed by atoms with Crippen LogP contribution in [0.15, 0.2) is 40.8 Å². The van der Waals surface area contributed by atoms with E-state index in [4.69, 9.17) is 4.42 Å². The lowest BCUT2D eigenvalue weighted by molar-refractivity contribution is -0.114. The van der Waals surface area contributed by atoms with E-state index in [-0.39, 0.29) is 12.5 Å². The summed E-state index contributed by atoms with van der Waals surface area (Å²) in [6.45, 7) is 8.19. The summed E-state index contributed by atoms with van der Waals surface area (Å²) in [5.41, 5.74) is 2.05. The predicted molar refractivity (Wildman–Crippen MR) is 105 cm³/mol. The Labute approximate surface area is 160 Å². The third-order valence-electron chi connectivity index (χ3n) is 4.99. The molecule has 0 saturated carbocycles. The van der Waals surface area contributed by atoms with Crippen LogP contribution in [0.1, 0.15) is 30.4 Å². The molecule has 2 N–H and O–H groups in total. The number of hydrogen-bond acceptors (Lipinski definition) is 5. The zero-order valence-corrected chi connectivity index (χ0v) is 16.1. The summed E-state index contributed by atoms with van der Waals surface area (Å²) in [5.74, 6) is 1.86. The van der Waals surface area contributed by atoms with E-state index in [0.717, 1.165) is 56.4 Å². The number of nitrogens with zero attached hydrogens (tertiary/aromatic N) is 2. The highest BCUT2D eigenvalue weighted by molar-refractivity contribution is 5.88. The topological polar surface area (TPSA) is 69.0 Å². The van der Waals surface area contributed by atoms with E-state index in [0.29, 0.717) is 6.04 Å². The summed E-state index contributed by atoms with van der Waals surface area (Å²) >= 11 is 0. The minimum Gasteiger partial charge on any atom is -0.465 e. The van der Waals surface area contributed by atoms with Crippen molar-refractivity contribution in [1.29, 1.82) is 0 Å². The smallest absolute Gasteiger partial charge is 0.221 e. The average molecular weight is 371 g/mol. The van der Waals surface area contributed by atoms with Crippen molar-refractivity contribution in [2.45, 2.75) is 39.4 Å². The molecule has 1 aliphatic heterocycles. The fourth-order valence-corrected chi connectivity index (χ4v) is 3.66. The van der Waals surface area contributed by atoms with Crippen LogP contribution in [0, 0.1) is 6.92 Å². The van der Waals surface area contributed by atoms with Crippen molar-refractivity contribution in [2.75, 3.05) is 31.6 Å². The Kier molecular flexibility index (Phi) is 6.66. The highest BCUT2D eigenvalue weighted by Gasteiger charge is 2.27. The first-order chi connectivity index (χ1) is 13.0. The number of aliphatic hydroxyl groups is 1. The van der Waals surface area contributed by atoms with Gasteiger partial charge in [0.15, 0.2) is 0 Å². The number of aryl methyl sites for hydroxylation is 1. The second kappa shape index (κ2) is 9.17. The Morgan fingerprint density at radius 1 is 1.19 bits per heavy atom. The maximum Gasteiger partial charge on any atom is 0.221 e. The van der Waals surface area contributed by atoms with Crippen LogP contribution in [0.3, 0.4) is 0 Å². The van der Waals surface area contributed by atoms with Gasteiger partial charge in [-0.2, -0.15) is 0 Å². The zero-order chi connectivity index (χ0) is 19.2. The molecule has 2 aromatic rings. The van der Waals surface area contributed by atoms with E-state index >= 15 is 0 Å². The highest BCUT2D eigenvalue weighted by atomic mass is 16.3. The lowest BCUT2D eigenvalue weighted by Gasteiger charge is -2.41. The molecule has 27 heavy (non-hydrogen) atoms. The van der Waals surface area contributed by atoms with E-state index in [1.807, 2.05) is 31.2 Å². The van der Waals surface area contributed by atoms with Gasteiger partial charge in [0.1, 0.15) is 11.5 Å². The molecule has 1 aliphatic rings. The minimum absolute atomic E-state index is 0.0579. The number of aliphatic hydroxyl groups excluding tert-OH is 1. The average Bonchev–Trinajstić information content (AvgIpc) is 3.04. The number of amides is 1.